The van der Waals surface area contributed by atoms with Gasteiger partial charge >= 0.3 is 0 Å². The average Bonchev–Trinajstić information content (AvgIpc) is 2.53. The fourth-order valence-electron chi connectivity index (χ4n) is 1.79. The van der Waals surface area contributed by atoms with Crippen molar-refractivity contribution in [2.75, 3.05) is 25.1 Å². The minimum absolute atomic E-state index is 0.0145. The van der Waals surface area contributed by atoms with Crippen molar-refractivity contribution in [3.8, 4) is 11.6 Å². The molecule has 0 fully saturated rings. The zero-order chi connectivity index (χ0) is 14.9. The molecule has 0 atom stereocenters. The second kappa shape index (κ2) is 8.11. The molecular weight excluding hydrogens is 268 g/mol. The number of hydrogen-bond donors (Lipinski definition) is 2. The molecule has 0 amide bonds. The van der Waals surface area contributed by atoms with Gasteiger partial charge in [-0.3, -0.25) is 0 Å². The highest BCUT2D eigenvalue weighted by atomic mass is 16.5. The molecule has 0 bridgehead atoms. The minimum atomic E-state index is -0.0145. The lowest BCUT2D eigenvalue weighted by Crippen LogP contribution is -2.04. The van der Waals surface area contributed by atoms with E-state index in [0.717, 1.165) is 11.4 Å². The number of pyridine rings is 1. The van der Waals surface area contributed by atoms with E-state index in [4.69, 9.17) is 14.6 Å². The van der Waals surface area contributed by atoms with Crippen molar-refractivity contribution in [2.24, 2.45) is 0 Å². The van der Waals surface area contributed by atoms with Crippen LogP contribution in [-0.4, -0.2) is 29.9 Å². The standard InChI is InChI=1S/C16H20N2O3/c1-2-20-15-6-3-13(4-7-15)11-17-14-5-8-16(18-12-14)21-10-9-19/h3-8,12,17,19H,2,9-11H2,1H3. The predicted octanol–water partition coefficient (Wildman–Crippen LogP) is 2.46. The van der Waals surface area contributed by atoms with Crippen LogP contribution in [0.4, 0.5) is 5.69 Å². The van der Waals surface area contributed by atoms with Gasteiger partial charge in [0.25, 0.3) is 0 Å². The number of aliphatic hydroxyl groups is 1. The first-order valence-electron chi connectivity index (χ1n) is 6.97. The zero-order valence-electron chi connectivity index (χ0n) is 12.1. The van der Waals surface area contributed by atoms with Crippen LogP contribution in [-0.2, 0) is 6.54 Å². The van der Waals surface area contributed by atoms with Crippen LogP contribution in [0.25, 0.3) is 0 Å². The van der Waals surface area contributed by atoms with E-state index in [1.165, 1.54) is 5.56 Å². The number of hydrogen-bond acceptors (Lipinski definition) is 5. The molecule has 0 aliphatic heterocycles. The average molecular weight is 288 g/mol. The molecule has 2 N–H and O–H groups in total. The maximum atomic E-state index is 8.67. The van der Waals surface area contributed by atoms with Crippen LogP contribution in [0.2, 0.25) is 0 Å². The molecule has 1 aromatic carbocycles. The van der Waals surface area contributed by atoms with Crippen molar-refractivity contribution >= 4 is 5.69 Å². The summed E-state index contributed by atoms with van der Waals surface area (Å²) in [7, 11) is 0. The van der Waals surface area contributed by atoms with Gasteiger partial charge in [-0.25, -0.2) is 4.98 Å². The lowest BCUT2D eigenvalue weighted by molar-refractivity contribution is 0.196. The van der Waals surface area contributed by atoms with Crippen molar-refractivity contribution in [3.63, 3.8) is 0 Å². The van der Waals surface area contributed by atoms with Gasteiger partial charge in [-0.1, -0.05) is 12.1 Å². The summed E-state index contributed by atoms with van der Waals surface area (Å²) in [5.41, 5.74) is 2.08. The van der Waals surface area contributed by atoms with E-state index in [9.17, 15) is 0 Å². The van der Waals surface area contributed by atoms with Gasteiger partial charge in [-0.2, -0.15) is 0 Å². The fourth-order valence-corrected chi connectivity index (χ4v) is 1.79. The first-order chi connectivity index (χ1) is 10.3. The zero-order valence-corrected chi connectivity index (χ0v) is 12.1. The number of anilines is 1. The Balaban J connectivity index is 1.84. The quantitative estimate of drug-likeness (QED) is 0.781. The number of aromatic nitrogens is 1. The molecule has 0 aliphatic rings. The first kappa shape index (κ1) is 15.1. The van der Waals surface area contributed by atoms with Crippen molar-refractivity contribution in [2.45, 2.75) is 13.5 Å². The Morgan fingerprint density at radius 1 is 1.10 bits per heavy atom. The molecule has 0 saturated heterocycles. The highest BCUT2D eigenvalue weighted by molar-refractivity contribution is 5.43. The molecular formula is C16H20N2O3. The fraction of sp³-hybridized carbons (Fsp3) is 0.312. The van der Waals surface area contributed by atoms with Crippen LogP contribution in [0.15, 0.2) is 42.6 Å². The summed E-state index contributed by atoms with van der Waals surface area (Å²) < 4.78 is 10.6. The highest BCUT2D eigenvalue weighted by Crippen LogP contribution is 2.15. The van der Waals surface area contributed by atoms with E-state index in [1.54, 1.807) is 12.3 Å². The molecule has 21 heavy (non-hydrogen) atoms. The van der Waals surface area contributed by atoms with Gasteiger partial charge in [0.1, 0.15) is 12.4 Å². The third-order valence-corrected chi connectivity index (χ3v) is 2.81. The third kappa shape index (κ3) is 4.96. The van der Waals surface area contributed by atoms with Crippen LogP contribution in [0.3, 0.4) is 0 Å². The van der Waals surface area contributed by atoms with E-state index < -0.39 is 0 Å². The molecule has 1 aromatic heterocycles. The van der Waals surface area contributed by atoms with Crippen molar-refractivity contribution in [1.29, 1.82) is 0 Å². The molecule has 0 saturated carbocycles. The van der Waals surface area contributed by atoms with Crippen LogP contribution in [0, 0.1) is 0 Å². The number of nitrogens with one attached hydrogen (secondary N) is 1. The topological polar surface area (TPSA) is 63.6 Å². The number of aliphatic hydroxyl groups excluding tert-OH is 1. The van der Waals surface area contributed by atoms with Gasteiger partial charge in [0, 0.05) is 12.6 Å². The lowest BCUT2D eigenvalue weighted by Gasteiger charge is -2.08. The van der Waals surface area contributed by atoms with E-state index in [1.807, 2.05) is 37.3 Å². The van der Waals surface area contributed by atoms with Gasteiger partial charge in [0.2, 0.25) is 5.88 Å². The Kier molecular flexibility index (Phi) is 5.84. The number of ether oxygens (including phenoxy) is 2. The molecule has 5 heteroatoms. The molecule has 112 valence electrons. The first-order valence-corrected chi connectivity index (χ1v) is 6.97. The summed E-state index contributed by atoms with van der Waals surface area (Å²) in [5.74, 6) is 1.39. The second-order valence-electron chi connectivity index (χ2n) is 4.39. The van der Waals surface area contributed by atoms with Gasteiger partial charge in [-0.15, -0.1) is 0 Å². The maximum Gasteiger partial charge on any atom is 0.213 e. The summed E-state index contributed by atoms with van der Waals surface area (Å²) >= 11 is 0. The van der Waals surface area contributed by atoms with Crippen LogP contribution in [0.1, 0.15) is 12.5 Å². The summed E-state index contributed by atoms with van der Waals surface area (Å²) in [6, 6.07) is 11.7. The van der Waals surface area contributed by atoms with Crippen molar-refractivity contribution < 1.29 is 14.6 Å². The van der Waals surface area contributed by atoms with Crippen LogP contribution >= 0.6 is 0 Å². The Hall–Kier alpha value is -2.27. The Morgan fingerprint density at radius 3 is 2.52 bits per heavy atom. The second-order valence-corrected chi connectivity index (χ2v) is 4.39. The SMILES string of the molecule is CCOc1ccc(CNc2ccc(OCCO)nc2)cc1. The van der Waals surface area contributed by atoms with Crippen LogP contribution in [0.5, 0.6) is 11.6 Å². The van der Waals surface area contributed by atoms with Gasteiger partial charge in [0.15, 0.2) is 0 Å². The monoisotopic (exact) mass is 288 g/mol. The third-order valence-electron chi connectivity index (χ3n) is 2.81. The predicted molar refractivity (Wildman–Crippen MR) is 81.8 cm³/mol. The largest absolute Gasteiger partial charge is 0.494 e. The van der Waals surface area contributed by atoms with Gasteiger partial charge in [-0.05, 0) is 30.7 Å². The molecule has 1 heterocycles. The summed E-state index contributed by atoms with van der Waals surface area (Å²) in [6.07, 6.45) is 1.71. The smallest absolute Gasteiger partial charge is 0.213 e. The number of benzene rings is 1. The van der Waals surface area contributed by atoms with E-state index >= 15 is 0 Å². The molecule has 2 aromatic rings. The normalized spacial score (nSPS) is 10.2. The summed E-state index contributed by atoms with van der Waals surface area (Å²) in [4.78, 5) is 4.15. The molecule has 5 nitrogen and oxygen atoms in total. The number of nitrogens with zero attached hydrogens (tertiary/aromatic N) is 1. The Labute approximate surface area is 124 Å². The van der Waals surface area contributed by atoms with Gasteiger partial charge in [0.05, 0.1) is 25.1 Å². The molecule has 2 rings (SSSR count). The maximum absolute atomic E-state index is 8.67. The van der Waals surface area contributed by atoms with Gasteiger partial charge < -0.3 is 19.9 Å². The lowest BCUT2D eigenvalue weighted by atomic mass is 10.2. The molecule has 0 aliphatic carbocycles. The molecule has 0 unspecified atom stereocenters. The Morgan fingerprint density at radius 2 is 1.90 bits per heavy atom. The molecule has 0 radical (unpaired) electrons. The summed E-state index contributed by atoms with van der Waals surface area (Å²) in [5, 5.41) is 12.0. The summed E-state index contributed by atoms with van der Waals surface area (Å²) in [6.45, 7) is 3.60. The highest BCUT2D eigenvalue weighted by Gasteiger charge is 1.98. The number of rotatable bonds is 8. The minimum Gasteiger partial charge on any atom is -0.494 e. The molecule has 0 spiro atoms. The van der Waals surface area contributed by atoms with E-state index in [2.05, 4.69) is 10.3 Å². The van der Waals surface area contributed by atoms with E-state index in [-0.39, 0.29) is 13.2 Å². The van der Waals surface area contributed by atoms with Crippen molar-refractivity contribution in [1.82, 2.24) is 4.98 Å². The van der Waals surface area contributed by atoms with Crippen LogP contribution < -0.4 is 14.8 Å². The van der Waals surface area contributed by atoms with Crippen molar-refractivity contribution in [3.05, 3.63) is 48.2 Å². The Bertz CT molecular complexity index is 526. The van der Waals surface area contributed by atoms with E-state index in [0.29, 0.717) is 19.0 Å².